The molecule has 2 heterocycles. The maximum atomic E-state index is 13.3. The monoisotopic (exact) mass is 446 g/mol. The van der Waals surface area contributed by atoms with Crippen LogP contribution >= 0.6 is 0 Å². The van der Waals surface area contributed by atoms with E-state index in [1.54, 1.807) is 13.2 Å². The molecule has 2 aromatic carbocycles. The topological polar surface area (TPSA) is 90.6 Å². The number of aryl methyl sites for hydroxylation is 1. The number of anilines is 1. The SMILES string of the molecule is CCN(C(=O)c1cc(C)nc(N)n1)[C@H]1CCO[C@@H](c2ccccc2-c2ccc(OC)cc2)C1. The first-order valence-electron chi connectivity index (χ1n) is 11.3. The predicted molar refractivity (Wildman–Crippen MR) is 128 cm³/mol. The number of aromatic nitrogens is 2. The second-order valence-corrected chi connectivity index (χ2v) is 8.20. The van der Waals surface area contributed by atoms with Gasteiger partial charge in [-0.15, -0.1) is 0 Å². The van der Waals surface area contributed by atoms with Gasteiger partial charge in [-0.2, -0.15) is 0 Å². The molecule has 0 saturated carbocycles. The molecule has 0 unspecified atom stereocenters. The standard InChI is InChI=1S/C26H30N4O3/c1-4-30(25(31)23-15-17(2)28-26(27)29-23)19-13-14-33-24(16-19)22-8-6-5-7-21(22)18-9-11-20(32-3)12-10-18/h5-12,15,19,24H,4,13-14,16H2,1-3H3,(H2,27,28,29)/t19-,24+/m0/s1. The molecule has 172 valence electrons. The highest BCUT2D eigenvalue weighted by atomic mass is 16.5. The zero-order valence-electron chi connectivity index (χ0n) is 19.3. The number of nitrogens with two attached hydrogens (primary N) is 1. The number of benzene rings is 2. The van der Waals surface area contributed by atoms with Crippen molar-refractivity contribution in [2.45, 2.75) is 38.8 Å². The van der Waals surface area contributed by atoms with E-state index in [0.29, 0.717) is 31.0 Å². The van der Waals surface area contributed by atoms with Crippen LogP contribution in [0.1, 0.15) is 47.6 Å². The first-order valence-corrected chi connectivity index (χ1v) is 11.3. The molecular weight excluding hydrogens is 416 g/mol. The van der Waals surface area contributed by atoms with Crippen molar-refractivity contribution in [2.75, 3.05) is 26.0 Å². The van der Waals surface area contributed by atoms with Gasteiger partial charge in [-0.05, 0) is 61.6 Å². The van der Waals surface area contributed by atoms with Gasteiger partial charge in [0.15, 0.2) is 0 Å². The molecule has 1 amide bonds. The number of carbonyl (C=O) groups excluding carboxylic acids is 1. The van der Waals surface area contributed by atoms with Gasteiger partial charge in [0, 0.05) is 24.9 Å². The van der Waals surface area contributed by atoms with Crippen LogP contribution in [0.3, 0.4) is 0 Å². The minimum Gasteiger partial charge on any atom is -0.497 e. The van der Waals surface area contributed by atoms with E-state index in [4.69, 9.17) is 15.2 Å². The van der Waals surface area contributed by atoms with Crippen LogP contribution in [-0.2, 0) is 4.74 Å². The minimum absolute atomic E-state index is 0.0432. The number of ether oxygens (including phenoxy) is 2. The molecule has 0 aliphatic carbocycles. The zero-order chi connectivity index (χ0) is 23.4. The van der Waals surface area contributed by atoms with Crippen molar-refractivity contribution in [3.8, 4) is 16.9 Å². The lowest BCUT2D eigenvalue weighted by Crippen LogP contribution is -2.44. The fourth-order valence-electron chi connectivity index (χ4n) is 4.51. The van der Waals surface area contributed by atoms with Gasteiger partial charge < -0.3 is 20.1 Å². The van der Waals surface area contributed by atoms with Gasteiger partial charge >= 0.3 is 0 Å². The maximum Gasteiger partial charge on any atom is 0.272 e. The second-order valence-electron chi connectivity index (χ2n) is 8.20. The molecule has 1 fully saturated rings. The Labute approximate surface area is 194 Å². The van der Waals surface area contributed by atoms with Crippen molar-refractivity contribution < 1.29 is 14.3 Å². The molecule has 0 bridgehead atoms. The normalized spacial score (nSPS) is 18.0. The second kappa shape index (κ2) is 10.0. The summed E-state index contributed by atoms with van der Waals surface area (Å²) in [5, 5.41) is 0. The number of rotatable bonds is 6. The summed E-state index contributed by atoms with van der Waals surface area (Å²) in [5.74, 6) is 0.819. The number of nitrogens with zero attached hydrogens (tertiary/aromatic N) is 3. The van der Waals surface area contributed by atoms with E-state index >= 15 is 0 Å². The molecule has 7 heteroatoms. The van der Waals surface area contributed by atoms with Crippen LogP contribution in [0.4, 0.5) is 5.95 Å². The first kappa shape index (κ1) is 22.7. The van der Waals surface area contributed by atoms with E-state index in [1.165, 1.54) is 0 Å². The Kier molecular flexibility index (Phi) is 6.89. The Morgan fingerprint density at radius 3 is 2.64 bits per heavy atom. The molecule has 0 radical (unpaired) electrons. The molecule has 1 aromatic heterocycles. The van der Waals surface area contributed by atoms with Gasteiger partial charge in [0.25, 0.3) is 5.91 Å². The Hall–Kier alpha value is -3.45. The third kappa shape index (κ3) is 4.98. The molecular formula is C26H30N4O3. The highest BCUT2D eigenvalue weighted by Gasteiger charge is 2.32. The van der Waals surface area contributed by atoms with Crippen LogP contribution < -0.4 is 10.5 Å². The summed E-state index contributed by atoms with van der Waals surface area (Å²) >= 11 is 0. The Morgan fingerprint density at radius 1 is 1.18 bits per heavy atom. The van der Waals surface area contributed by atoms with Gasteiger partial charge in [-0.3, -0.25) is 4.79 Å². The molecule has 2 atom stereocenters. The van der Waals surface area contributed by atoms with E-state index in [9.17, 15) is 4.79 Å². The predicted octanol–water partition coefficient (Wildman–Crippen LogP) is 4.43. The van der Waals surface area contributed by atoms with E-state index in [0.717, 1.165) is 28.9 Å². The highest BCUT2D eigenvalue weighted by Crippen LogP contribution is 2.37. The van der Waals surface area contributed by atoms with Crippen molar-refractivity contribution in [1.82, 2.24) is 14.9 Å². The number of hydrogen-bond donors (Lipinski definition) is 1. The first-order chi connectivity index (χ1) is 16.0. The largest absolute Gasteiger partial charge is 0.497 e. The van der Waals surface area contributed by atoms with Crippen molar-refractivity contribution in [3.05, 3.63) is 71.5 Å². The number of carbonyl (C=O) groups is 1. The van der Waals surface area contributed by atoms with Crippen molar-refractivity contribution in [2.24, 2.45) is 0 Å². The lowest BCUT2D eigenvalue weighted by Gasteiger charge is -2.37. The Balaban J connectivity index is 1.59. The van der Waals surface area contributed by atoms with E-state index in [1.807, 2.05) is 43.0 Å². The van der Waals surface area contributed by atoms with Gasteiger partial charge in [0.05, 0.1) is 13.2 Å². The lowest BCUT2D eigenvalue weighted by atomic mass is 9.90. The molecule has 0 spiro atoms. The fourth-order valence-corrected chi connectivity index (χ4v) is 4.51. The highest BCUT2D eigenvalue weighted by molar-refractivity contribution is 5.93. The molecule has 1 aliphatic rings. The maximum absolute atomic E-state index is 13.3. The minimum atomic E-state index is -0.121. The van der Waals surface area contributed by atoms with Crippen LogP contribution in [0, 0.1) is 6.92 Å². The summed E-state index contributed by atoms with van der Waals surface area (Å²) < 4.78 is 11.5. The summed E-state index contributed by atoms with van der Waals surface area (Å²) in [7, 11) is 1.66. The fraction of sp³-hybridized carbons (Fsp3) is 0.346. The van der Waals surface area contributed by atoms with Crippen LogP contribution in [0.15, 0.2) is 54.6 Å². The van der Waals surface area contributed by atoms with Gasteiger partial charge in [0.2, 0.25) is 5.95 Å². The van der Waals surface area contributed by atoms with Crippen molar-refractivity contribution >= 4 is 11.9 Å². The lowest BCUT2D eigenvalue weighted by molar-refractivity contribution is -0.0230. The molecule has 1 saturated heterocycles. The van der Waals surface area contributed by atoms with Crippen molar-refractivity contribution in [3.63, 3.8) is 0 Å². The summed E-state index contributed by atoms with van der Waals surface area (Å²) in [6.07, 6.45) is 1.38. The molecule has 4 rings (SSSR count). The molecule has 1 aliphatic heterocycles. The third-order valence-electron chi connectivity index (χ3n) is 6.10. The number of nitrogen functional groups attached to an aromatic ring is 1. The van der Waals surface area contributed by atoms with Crippen LogP contribution in [0.2, 0.25) is 0 Å². The molecule has 7 nitrogen and oxygen atoms in total. The average Bonchev–Trinajstić information content (AvgIpc) is 2.84. The summed E-state index contributed by atoms with van der Waals surface area (Å²) in [4.78, 5) is 23.4. The van der Waals surface area contributed by atoms with Gasteiger partial charge in [-0.25, -0.2) is 9.97 Å². The number of methoxy groups -OCH3 is 1. The summed E-state index contributed by atoms with van der Waals surface area (Å²) in [6.45, 7) is 4.97. The summed E-state index contributed by atoms with van der Waals surface area (Å²) in [5.41, 5.74) is 10.2. The number of hydrogen-bond acceptors (Lipinski definition) is 6. The Bertz CT molecular complexity index is 1100. The zero-order valence-corrected chi connectivity index (χ0v) is 19.3. The van der Waals surface area contributed by atoms with Crippen molar-refractivity contribution in [1.29, 1.82) is 0 Å². The quantitative estimate of drug-likeness (QED) is 0.603. The van der Waals surface area contributed by atoms with Crippen LogP contribution in [0.25, 0.3) is 11.1 Å². The van der Waals surface area contributed by atoms with Crippen LogP contribution in [0.5, 0.6) is 5.75 Å². The third-order valence-corrected chi connectivity index (χ3v) is 6.10. The number of amides is 1. The van der Waals surface area contributed by atoms with E-state index < -0.39 is 0 Å². The Morgan fingerprint density at radius 2 is 1.94 bits per heavy atom. The van der Waals surface area contributed by atoms with Gasteiger partial charge in [0.1, 0.15) is 11.4 Å². The molecule has 33 heavy (non-hydrogen) atoms. The van der Waals surface area contributed by atoms with Gasteiger partial charge in [-0.1, -0.05) is 36.4 Å². The summed E-state index contributed by atoms with van der Waals surface area (Å²) in [6, 6.07) is 18.1. The molecule has 2 N–H and O–H groups in total. The smallest absolute Gasteiger partial charge is 0.272 e. The van der Waals surface area contributed by atoms with E-state index in [-0.39, 0.29) is 24.0 Å². The van der Waals surface area contributed by atoms with E-state index in [2.05, 4.69) is 34.2 Å². The molecule has 3 aromatic rings. The average molecular weight is 447 g/mol. The van der Waals surface area contributed by atoms with Crippen LogP contribution in [-0.4, -0.2) is 47.1 Å².